The predicted molar refractivity (Wildman–Crippen MR) is 73.3 cm³/mol. The third-order valence-corrected chi connectivity index (χ3v) is 3.38. The van der Waals surface area contributed by atoms with Crippen molar-refractivity contribution >= 4 is 5.65 Å². The number of pyridine rings is 1. The number of hydrogen-bond donors (Lipinski definition) is 1. The SMILES string of the molecule is Cc1nc2c(-c3cccnc3)c(C)[nH]n2c(=O)c1C. The van der Waals surface area contributed by atoms with Gasteiger partial charge in [0.2, 0.25) is 0 Å². The summed E-state index contributed by atoms with van der Waals surface area (Å²) in [5, 5.41) is 3.08. The summed E-state index contributed by atoms with van der Waals surface area (Å²) in [5.74, 6) is 0. The van der Waals surface area contributed by atoms with E-state index >= 15 is 0 Å². The Bertz CT molecular complexity index is 815. The molecule has 0 radical (unpaired) electrons. The summed E-state index contributed by atoms with van der Waals surface area (Å²) >= 11 is 0. The average molecular weight is 254 g/mol. The Morgan fingerprint density at radius 3 is 2.74 bits per heavy atom. The smallest absolute Gasteiger partial charge is 0.275 e. The highest BCUT2D eigenvalue weighted by molar-refractivity contribution is 5.79. The highest BCUT2D eigenvalue weighted by Gasteiger charge is 2.15. The maximum absolute atomic E-state index is 12.2. The van der Waals surface area contributed by atoms with Crippen LogP contribution < -0.4 is 5.56 Å². The van der Waals surface area contributed by atoms with Crippen LogP contribution in [0.3, 0.4) is 0 Å². The number of rotatable bonds is 1. The summed E-state index contributed by atoms with van der Waals surface area (Å²) in [6.45, 7) is 5.57. The quantitative estimate of drug-likeness (QED) is 0.722. The van der Waals surface area contributed by atoms with E-state index in [1.54, 1.807) is 19.3 Å². The lowest BCUT2D eigenvalue weighted by Gasteiger charge is -2.02. The minimum absolute atomic E-state index is 0.0549. The van der Waals surface area contributed by atoms with E-state index in [0.29, 0.717) is 11.2 Å². The van der Waals surface area contributed by atoms with Gasteiger partial charge < -0.3 is 0 Å². The van der Waals surface area contributed by atoms with Crippen LogP contribution in [0.5, 0.6) is 0 Å². The van der Waals surface area contributed by atoms with Gasteiger partial charge >= 0.3 is 0 Å². The molecule has 96 valence electrons. The molecule has 0 aliphatic heterocycles. The lowest BCUT2D eigenvalue weighted by atomic mass is 10.1. The lowest BCUT2D eigenvalue weighted by Crippen LogP contribution is -2.19. The minimum Gasteiger partial charge on any atom is -0.293 e. The first kappa shape index (κ1) is 11.6. The Kier molecular flexibility index (Phi) is 2.48. The number of aromatic amines is 1. The van der Waals surface area contributed by atoms with E-state index in [4.69, 9.17) is 0 Å². The molecule has 3 aromatic heterocycles. The molecule has 5 heteroatoms. The zero-order chi connectivity index (χ0) is 13.6. The first-order valence-corrected chi connectivity index (χ1v) is 6.08. The van der Waals surface area contributed by atoms with Crippen LogP contribution >= 0.6 is 0 Å². The van der Waals surface area contributed by atoms with Gasteiger partial charge in [-0.2, -0.15) is 0 Å². The standard InChI is InChI=1S/C14H14N4O/c1-8-9(2)16-13-12(11-5-4-6-15-7-11)10(3)17-18(13)14(8)19/h4-7,17H,1-3H3. The fraction of sp³-hybridized carbons (Fsp3) is 0.214. The maximum Gasteiger partial charge on any atom is 0.275 e. The molecule has 0 aromatic carbocycles. The third-order valence-electron chi connectivity index (χ3n) is 3.38. The highest BCUT2D eigenvalue weighted by atomic mass is 16.1. The molecule has 0 unspecified atom stereocenters. The summed E-state index contributed by atoms with van der Waals surface area (Å²) in [6.07, 6.45) is 3.50. The van der Waals surface area contributed by atoms with Crippen molar-refractivity contribution in [3.8, 4) is 11.1 Å². The molecule has 0 atom stereocenters. The Morgan fingerprint density at radius 2 is 2.05 bits per heavy atom. The fourth-order valence-corrected chi connectivity index (χ4v) is 2.23. The zero-order valence-electron chi connectivity index (χ0n) is 11.1. The molecule has 1 N–H and O–H groups in total. The fourth-order valence-electron chi connectivity index (χ4n) is 2.23. The van der Waals surface area contributed by atoms with Crippen LogP contribution in [0.25, 0.3) is 16.8 Å². The molecule has 3 rings (SSSR count). The van der Waals surface area contributed by atoms with E-state index in [2.05, 4.69) is 15.1 Å². The Morgan fingerprint density at radius 1 is 1.26 bits per heavy atom. The Labute approximate surface area is 109 Å². The van der Waals surface area contributed by atoms with Crippen molar-refractivity contribution in [3.05, 3.63) is 51.8 Å². The first-order chi connectivity index (χ1) is 9.09. The van der Waals surface area contributed by atoms with E-state index in [0.717, 1.165) is 22.5 Å². The summed E-state index contributed by atoms with van der Waals surface area (Å²) in [7, 11) is 0. The van der Waals surface area contributed by atoms with Crippen molar-refractivity contribution < 1.29 is 0 Å². The van der Waals surface area contributed by atoms with Crippen molar-refractivity contribution in [2.45, 2.75) is 20.8 Å². The number of H-pyrrole nitrogens is 1. The van der Waals surface area contributed by atoms with Gasteiger partial charge in [0.15, 0.2) is 5.65 Å². The van der Waals surface area contributed by atoms with Gasteiger partial charge in [-0.15, -0.1) is 0 Å². The Hall–Kier alpha value is -2.43. The molecule has 3 aromatic rings. The second kappa shape index (κ2) is 4.05. The molecule has 0 saturated carbocycles. The lowest BCUT2D eigenvalue weighted by molar-refractivity contribution is 0.859. The first-order valence-electron chi connectivity index (χ1n) is 6.08. The summed E-state index contributed by atoms with van der Waals surface area (Å²) < 4.78 is 1.50. The van der Waals surface area contributed by atoms with E-state index in [-0.39, 0.29) is 5.56 Å². The van der Waals surface area contributed by atoms with Crippen LogP contribution in [0, 0.1) is 20.8 Å². The Balaban J connectivity index is 2.45. The number of fused-ring (bicyclic) bond motifs is 1. The largest absolute Gasteiger partial charge is 0.293 e. The highest BCUT2D eigenvalue weighted by Crippen LogP contribution is 2.25. The predicted octanol–water partition coefficient (Wildman–Crippen LogP) is 2.01. The van der Waals surface area contributed by atoms with Crippen molar-refractivity contribution in [1.29, 1.82) is 0 Å². The number of aryl methyl sites for hydroxylation is 2. The molecule has 5 nitrogen and oxygen atoms in total. The molecule has 3 heterocycles. The molecule has 0 bridgehead atoms. The zero-order valence-corrected chi connectivity index (χ0v) is 11.1. The van der Waals surface area contributed by atoms with Gasteiger partial charge in [-0.25, -0.2) is 9.50 Å². The van der Waals surface area contributed by atoms with Crippen molar-refractivity contribution in [2.24, 2.45) is 0 Å². The molecular weight excluding hydrogens is 240 g/mol. The molecule has 0 fully saturated rings. The maximum atomic E-state index is 12.2. The second-order valence-electron chi connectivity index (χ2n) is 4.64. The number of nitrogens with one attached hydrogen (secondary N) is 1. The molecule has 0 amide bonds. The van der Waals surface area contributed by atoms with Crippen LogP contribution in [0.2, 0.25) is 0 Å². The number of nitrogens with zero attached hydrogens (tertiary/aromatic N) is 3. The topological polar surface area (TPSA) is 63.1 Å². The molecule has 0 aliphatic carbocycles. The monoisotopic (exact) mass is 254 g/mol. The summed E-state index contributed by atoms with van der Waals surface area (Å²) in [5.41, 5.74) is 4.80. The van der Waals surface area contributed by atoms with Crippen molar-refractivity contribution in [2.75, 3.05) is 0 Å². The van der Waals surface area contributed by atoms with Gasteiger partial charge in [-0.3, -0.25) is 14.9 Å². The second-order valence-corrected chi connectivity index (χ2v) is 4.64. The average Bonchev–Trinajstić information content (AvgIpc) is 2.74. The molecule has 0 saturated heterocycles. The van der Waals surface area contributed by atoms with Gasteiger partial charge in [0.05, 0.1) is 0 Å². The van der Waals surface area contributed by atoms with E-state index in [9.17, 15) is 4.79 Å². The van der Waals surface area contributed by atoms with Crippen LogP contribution in [-0.2, 0) is 0 Å². The van der Waals surface area contributed by atoms with Crippen LogP contribution in [0.4, 0.5) is 0 Å². The van der Waals surface area contributed by atoms with Crippen LogP contribution in [-0.4, -0.2) is 19.6 Å². The van der Waals surface area contributed by atoms with Crippen molar-refractivity contribution in [3.63, 3.8) is 0 Å². The van der Waals surface area contributed by atoms with Gasteiger partial charge in [-0.05, 0) is 26.8 Å². The van der Waals surface area contributed by atoms with Gasteiger partial charge in [0, 0.05) is 40.5 Å². The molecule has 0 aliphatic rings. The van der Waals surface area contributed by atoms with E-state index in [1.165, 1.54) is 4.52 Å². The summed E-state index contributed by atoms with van der Waals surface area (Å²) in [6, 6.07) is 3.84. The third kappa shape index (κ3) is 1.66. The van der Waals surface area contributed by atoms with E-state index < -0.39 is 0 Å². The van der Waals surface area contributed by atoms with E-state index in [1.807, 2.05) is 26.0 Å². The molecule has 19 heavy (non-hydrogen) atoms. The summed E-state index contributed by atoms with van der Waals surface area (Å²) in [4.78, 5) is 20.9. The van der Waals surface area contributed by atoms with Gasteiger partial charge in [0.25, 0.3) is 5.56 Å². The number of aromatic nitrogens is 4. The van der Waals surface area contributed by atoms with Crippen LogP contribution in [0.15, 0.2) is 29.3 Å². The van der Waals surface area contributed by atoms with Crippen LogP contribution in [0.1, 0.15) is 17.0 Å². The normalized spacial score (nSPS) is 11.1. The molecular formula is C14H14N4O. The molecule has 0 spiro atoms. The van der Waals surface area contributed by atoms with Crippen molar-refractivity contribution in [1.82, 2.24) is 19.6 Å². The number of hydrogen-bond acceptors (Lipinski definition) is 3. The van der Waals surface area contributed by atoms with Gasteiger partial charge in [0.1, 0.15) is 0 Å². The minimum atomic E-state index is -0.0549. The van der Waals surface area contributed by atoms with Gasteiger partial charge in [-0.1, -0.05) is 6.07 Å².